The van der Waals surface area contributed by atoms with Gasteiger partial charge in [-0.3, -0.25) is 9.59 Å². The van der Waals surface area contributed by atoms with Crippen LogP contribution in [0.1, 0.15) is 33.3 Å². The van der Waals surface area contributed by atoms with Gasteiger partial charge in [0.1, 0.15) is 0 Å². The number of aliphatic hydroxyl groups is 1. The van der Waals surface area contributed by atoms with Crippen molar-refractivity contribution < 1.29 is 14.7 Å². The Morgan fingerprint density at radius 3 is 2.29 bits per heavy atom. The Balaban J connectivity index is 2.81. The Kier molecular flexibility index (Phi) is 5.90. The first-order chi connectivity index (χ1) is 9.76. The van der Waals surface area contributed by atoms with E-state index in [0.29, 0.717) is 6.54 Å². The van der Waals surface area contributed by atoms with Crippen LogP contribution in [0.25, 0.3) is 0 Å². The third-order valence-corrected chi connectivity index (χ3v) is 3.12. The first-order valence-corrected chi connectivity index (χ1v) is 7.05. The average molecular weight is 292 g/mol. The van der Waals surface area contributed by atoms with Gasteiger partial charge in [0.2, 0.25) is 0 Å². The molecule has 2 N–H and O–H groups in total. The van der Waals surface area contributed by atoms with E-state index >= 15 is 0 Å². The molecule has 0 aromatic heterocycles. The van der Waals surface area contributed by atoms with Crippen molar-refractivity contribution in [3.8, 4) is 0 Å². The van der Waals surface area contributed by atoms with E-state index in [4.69, 9.17) is 5.11 Å². The standard InChI is InChI=1S/C16H24N2O3/c1-12(2)18(10-13-8-6-5-7-9-13)15(21)14(20)17-16(3,4)11-19/h5-9,12,19H,10-11H2,1-4H3,(H,17,20). The zero-order chi connectivity index (χ0) is 16.0. The molecule has 0 atom stereocenters. The number of carbonyl (C=O) groups excluding carboxylic acids is 2. The molecule has 0 aliphatic rings. The van der Waals surface area contributed by atoms with Gasteiger partial charge in [0.05, 0.1) is 12.1 Å². The molecule has 0 radical (unpaired) electrons. The topological polar surface area (TPSA) is 69.6 Å². The van der Waals surface area contributed by atoms with Crippen LogP contribution < -0.4 is 5.32 Å². The number of hydrogen-bond donors (Lipinski definition) is 2. The number of aliphatic hydroxyl groups excluding tert-OH is 1. The Morgan fingerprint density at radius 2 is 1.81 bits per heavy atom. The van der Waals surface area contributed by atoms with E-state index in [-0.39, 0.29) is 12.6 Å². The summed E-state index contributed by atoms with van der Waals surface area (Å²) in [7, 11) is 0. The fourth-order valence-corrected chi connectivity index (χ4v) is 1.80. The van der Waals surface area contributed by atoms with Crippen molar-refractivity contribution >= 4 is 11.8 Å². The van der Waals surface area contributed by atoms with Crippen molar-refractivity contribution in [2.75, 3.05) is 6.61 Å². The summed E-state index contributed by atoms with van der Waals surface area (Å²) in [5, 5.41) is 11.7. The number of carbonyl (C=O) groups is 2. The Hall–Kier alpha value is -1.88. The van der Waals surface area contributed by atoms with Crippen LogP contribution in [0.15, 0.2) is 30.3 Å². The molecule has 0 aliphatic heterocycles. The van der Waals surface area contributed by atoms with E-state index in [2.05, 4.69) is 5.32 Å². The molecule has 0 unspecified atom stereocenters. The average Bonchev–Trinajstić information content (AvgIpc) is 2.44. The Morgan fingerprint density at radius 1 is 1.24 bits per heavy atom. The summed E-state index contributed by atoms with van der Waals surface area (Å²) in [6, 6.07) is 9.43. The zero-order valence-corrected chi connectivity index (χ0v) is 13.1. The van der Waals surface area contributed by atoms with E-state index in [1.165, 1.54) is 4.90 Å². The number of benzene rings is 1. The number of amides is 2. The molecule has 5 nitrogen and oxygen atoms in total. The van der Waals surface area contributed by atoms with Gasteiger partial charge in [0.25, 0.3) is 0 Å². The molecule has 116 valence electrons. The second-order valence-electron chi connectivity index (χ2n) is 6.01. The smallest absolute Gasteiger partial charge is 0.312 e. The summed E-state index contributed by atoms with van der Waals surface area (Å²) in [5.41, 5.74) is 0.149. The summed E-state index contributed by atoms with van der Waals surface area (Å²) in [5.74, 6) is -1.28. The van der Waals surface area contributed by atoms with Crippen molar-refractivity contribution in [3.05, 3.63) is 35.9 Å². The van der Waals surface area contributed by atoms with Crippen molar-refractivity contribution in [2.45, 2.75) is 45.8 Å². The van der Waals surface area contributed by atoms with Crippen molar-refractivity contribution in [1.29, 1.82) is 0 Å². The van der Waals surface area contributed by atoms with Gasteiger partial charge in [-0.25, -0.2) is 0 Å². The molecule has 1 aromatic carbocycles. The normalized spacial score (nSPS) is 11.3. The molecule has 1 rings (SSSR count). The van der Waals surface area contributed by atoms with Crippen LogP contribution in [0, 0.1) is 0 Å². The van der Waals surface area contributed by atoms with Gasteiger partial charge in [-0.15, -0.1) is 0 Å². The summed E-state index contributed by atoms with van der Waals surface area (Å²) < 4.78 is 0. The van der Waals surface area contributed by atoms with Crippen LogP contribution in [0.5, 0.6) is 0 Å². The van der Waals surface area contributed by atoms with Crippen molar-refractivity contribution in [2.24, 2.45) is 0 Å². The molecule has 0 saturated heterocycles. The SMILES string of the molecule is CC(C)N(Cc1ccccc1)C(=O)C(=O)NC(C)(C)CO. The van der Waals surface area contributed by atoms with E-state index in [9.17, 15) is 9.59 Å². The van der Waals surface area contributed by atoms with E-state index < -0.39 is 17.4 Å². The zero-order valence-electron chi connectivity index (χ0n) is 13.1. The second kappa shape index (κ2) is 7.22. The summed E-state index contributed by atoms with van der Waals surface area (Å²) in [6.45, 7) is 7.21. The van der Waals surface area contributed by atoms with Crippen LogP contribution in [-0.4, -0.2) is 40.0 Å². The van der Waals surface area contributed by atoms with E-state index in [0.717, 1.165) is 5.56 Å². The van der Waals surface area contributed by atoms with Crippen LogP contribution in [0.4, 0.5) is 0 Å². The molecule has 0 aliphatic carbocycles. The lowest BCUT2D eigenvalue weighted by atomic mass is 10.1. The van der Waals surface area contributed by atoms with Gasteiger partial charge in [-0.05, 0) is 33.3 Å². The molecule has 0 saturated carbocycles. The molecule has 21 heavy (non-hydrogen) atoms. The number of hydrogen-bond acceptors (Lipinski definition) is 3. The predicted octanol–water partition coefficient (Wildman–Crippen LogP) is 1.31. The Bertz CT molecular complexity index is 484. The van der Waals surface area contributed by atoms with Crippen LogP contribution >= 0.6 is 0 Å². The molecule has 5 heteroatoms. The summed E-state index contributed by atoms with van der Waals surface area (Å²) in [4.78, 5) is 25.9. The van der Waals surface area contributed by atoms with E-state index in [1.807, 2.05) is 44.2 Å². The largest absolute Gasteiger partial charge is 0.394 e. The highest BCUT2D eigenvalue weighted by Gasteiger charge is 2.28. The van der Waals surface area contributed by atoms with Gasteiger partial charge in [0, 0.05) is 12.6 Å². The first kappa shape index (κ1) is 17.2. The number of rotatable bonds is 5. The lowest BCUT2D eigenvalue weighted by Crippen LogP contribution is -2.53. The molecule has 1 aromatic rings. The van der Waals surface area contributed by atoms with E-state index in [1.54, 1.807) is 13.8 Å². The highest BCUT2D eigenvalue weighted by atomic mass is 16.3. The minimum Gasteiger partial charge on any atom is -0.394 e. The van der Waals surface area contributed by atoms with Crippen LogP contribution in [0.3, 0.4) is 0 Å². The molecular formula is C16H24N2O3. The fraction of sp³-hybridized carbons (Fsp3) is 0.500. The van der Waals surface area contributed by atoms with Gasteiger partial charge in [-0.1, -0.05) is 30.3 Å². The van der Waals surface area contributed by atoms with Gasteiger partial charge in [0.15, 0.2) is 0 Å². The second-order valence-corrected chi connectivity index (χ2v) is 6.01. The molecule has 0 bridgehead atoms. The third kappa shape index (κ3) is 5.19. The molecule has 2 amide bonds. The summed E-state index contributed by atoms with van der Waals surface area (Å²) in [6.07, 6.45) is 0. The predicted molar refractivity (Wildman–Crippen MR) is 81.4 cm³/mol. The van der Waals surface area contributed by atoms with Gasteiger partial charge >= 0.3 is 11.8 Å². The third-order valence-electron chi connectivity index (χ3n) is 3.12. The van der Waals surface area contributed by atoms with Crippen molar-refractivity contribution in [3.63, 3.8) is 0 Å². The van der Waals surface area contributed by atoms with Gasteiger partial charge < -0.3 is 15.3 Å². The molecule has 0 spiro atoms. The number of nitrogens with one attached hydrogen (secondary N) is 1. The maximum absolute atomic E-state index is 12.3. The fourth-order valence-electron chi connectivity index (χ4n) is 1.80. The highest BCUT2D eigenvalue weighted by molar-refractivity contribution is 6.35. The number of nitrogens with zero attached hydrogens (tertiary/aromatic N) is 1. The molecule has 0 heterocycles. The maximum Gasteiger partial charge on any atom is 0.312 e. The minimum atomic E-state index is -0.817. The summed E-state index contributed by atoms with van der Waals surface area (Å²) >= 11 is 0. The van der Waals surface area contributed by atoms with Crippen molar-refractivity contribution in [1.82, 2.24) is 10.2 Å². The first-order valence-electron chi connectivity index (χ1n) is 7.05. The van der Waals surface area contributed by atoms with Gasteiger partial charge in [-0.2, -0.15) is 0 Å². The monoisotopic (exact) mass is 292 g/mol. The quantitative estimate of drug-likeness (QED) is 0.804. The highest BCUT2D eigenvalue weighted by Crippen LogP contribution is 2.09. The van der Waals surface area contributed by atoms with Crippen LogP contribution in [-0.2, 0) is 16.1 Å². The molecular weight excluding hydrogens is 268 g/mol. The lowest BCUT2D eigenvalue weighted by Gasteiger charge is -2.29. The van der Waals surface area contributed by atoms with Crippen LogP contribution in [0.2, 0.25) is 0 Å². The Labute approximate surface area is 126 Å². The lowest BCUT2D eigenvalue weighted by molar-refractivity contribution is -0.148. The molecule has 0 fully saturated rings. The maximum atomic E-state index is 12.3. The minimum absolute atomic E-state index is 0.0966.